The minimum absolute atomic E-state index is 0.189. The van der Waals surface area contributed by atoms with Crippen LogP contribution in [0, 0.1) is 0 Å². The Morgan fingerprint density at radius 1 is 0.633 bits per heavy atom. The molecule has 0 aliphatic carbocycles. The highest BCUT2D eigenvalue weighted by atomic mass is 35.6. The molecular formula is C23H41Cl3N4. The van der Waals surface area contributed by atoms with Gasteiger partial charge in [-0.25, -0.2) is 4.98 Å². The maximum atomic E-state index is 5.95. The zero-order valence-corrected chi connectivity index (χ0v) is 21.3. The molecular weight excluding hydrogens is 439 g/mol. The van der Waals surface area contributed by atoms with Crippen molar-refractivity contribution >= 4 is 40.8 Å². The van der Waals surface area contributed by atoms with E-state index in [0.29, 0.717) is 18.3 Å². The summed E-state index contributed by atoms with van der Waals surface area (Å²) in [6.07, 6.45) is 21.0. The fourth-order valence-electron chi connectivity index (χ4n) is 3.55. The van der Waals surface area contributed by atoms with E-state index >= 15 is 0 Å². The molecule has 1 aromatic rings. The van der Waals surface area contributed by atoms with Gasteiger partial charge in [-0.05, 0) is 13.3 Å². The van der Waals surface area contributed by atoms with Gasteiger partial charge in [-0.1, -0.05) is 132 Å². The molecule has 0 aromatic carbocycles. The molecule has 1 N–H and O–H groups in total. The van der Waals surface area contributed by atoms with Crippen LogP contribution in [0.25, 0.3) is 0 Å². The van der Waals surface area contributed by atoms with E-state index in [-0.39, 0.29) is 5.82 Å². The normalized spacial score (nSPS) is 11.8. The second kappa shape index (κ2) is 17.3. The summed E-state index contributed by atoms with van der Waals surface area (Å²) >= 11 is 17.9. The summed E-state index contributed by atoms with van der Waals surface area (Å²) in [6.45, 7) is 4.97. The van der Waals surface area contributed by atoms with Gasteiger partial charge in [0.2, 0.25) is 9.74 Å². The first-order valence-electron chi connectivity index (χ1n) is 12.0. The van der Waals surface area contributed by atoms with E-state index < -0.39 is 3.79 Å². The third-order valence-corrected chi connectivity index (χ3v) is 5.78. The molecule has 7 heteroatoms. The summed E-state index contributed by atoms with van der Waals surface area (Å²) in [7, 11) is 0. The Bertz CT molecular complexity index is 550. The number of alkyl halides is 3. The van der Waals surface area contributed by atoms with Gasteiger partial charge in [0, 0.05) is 13.0 Å². The second-order valence-electron chi connectivity index (χ2n) is 8.13. The molecule has 174 valence electrons. The van der Waals surface area contributed by atoms with Crippen LogP contribution < -0.4 is 5.32 Å². The molecule has 0 saturated heterocycles. The van der Waals surface area contributed by atoms with E-state index in [4.69, 9.17) is 34.8 Å². The molecule has 1 rings (SSSR count). The summed E-state index contributed by atoms with van der Waals surface area (Å²) < 4.78 is -1.63. The lowest BCUT2D eigenvalue weighted by Gasteiger charge is -2.12. The molecule has 0 spiro atoms. The molecule has 1 aromatic heterocycles. The minimum Gasteiger partial charge on any atom is -0.354 e. The van der Waals surface area contributed by atoms with Gasteiger partial charge in [-0.15, -0.1) is 0 Å². The lowest BCUT2D eigenvalue weighted by molar-refractivity contribution is 0.531. The monoisotopic (exact) mass is 478 g/mol. The van der Waals surface area contributed by atoms with Gasteiger partial charge in [0.05, 0.1) is 0 Å². The first-order valence-corrected chi connectivity index (χ1v) is 13.2. The molecule has 0 radical (unpaired) electrons. The van der Waals surface area contributed by atoms with E-state index in [1.165, 1.54) is 89.9 Å². The molecule has 1 heterocycles. The SMILES string of the molecule is CCCCCCCCCCCCCCCCCc1nc(NCC)nc(C(Cl)(Cl)Cl)n1. The average molecular weight is 480 g/mol. The van der Waals surface area contributed by atoms with Gasteiger partial charge in [-0.3, -0.25) is 0 Å². The van der Waals surface area contributed by atoms with E-state index in [1.807, 2.05) is 6.92 Å². The highest BCUT2D eigenvalue weighted by Crippen LogP contribution is 2.36. The summed E-state index contributed by atoms with van der Waals surface area (Å²) in [6, 6.07) is 0. The Hall–Kier alpha value is -0.320. The van der Waals surface area contributed by atoms with Gasteiger partial charge >= 0.3 is 0 Å². The third-order valence-electron chi connectivity index (χ3n) is 5.27. The number of anilines is 1. The predicted octanol–water partition coefficient (Wildman–Crippen LogP) is 8.54. The standard InChI is InChI=1S/C23H41Cl3N4/c1-3-5-6-7-8-9-10-11-12-13-14-15-16-17-18-19-20-28-21(23(24,25)26)30-22(29-20)27-4-2/h3-19H2,1-2H3,(H,27,28,29,30). The largest absolute Gasteiger partial charge is 0.354 e. The molecule has 0 aliphatic heterocycles. The minimum atomic E-state index is -1.63. The number of halogens is 3. The van der Waals surface area contributed by atoms with Crippen molar-refractivity contribution in [1.82, 2.24) is 15.0 Å². The highest BCUT2D eigenvalue weighted by molar-refractivity contribution is 6.66. The average Bonchev–Trinajstić information content (AvgIpc) is 2.70. The van der Waals surface area contributed by atoms with E-state index in [0.717, 1.165) is 12.8 Å². The number of nitrogens with one attached hydrogen (secondary N) is 1. The predicted molar refractivity (Wildman–Crippen MR) is 132 cm³/mol. The van der Waals surface area contributed by atoms with Crippen molar-refractivity contribution in [1.29, 1.82) is 0 Å². The van der Waals surface area contributed by atoms with Crippen LogP contribution in [0.5, 0.6) is 0 Å². The quantitative estimate of drug-likeness (QED) is 0.169. The third kappa shape index (κ3) is 13.9. The lowest BCUT2D eigenvalue weighted by Crippen LogP contribution is -2.14. The number of rotatable bonds is 18. The molecule has 0 bridgehead atoms. The van der Waals surface area contributed by atoms with E-state index in [2.05, 4.69) is 27.2 Å². The van der Waals surface area contributed by atoms with Gasteiger partial charge in [0.25, 0.3) is 0 Å². The van der Waals surface area contributed by atoms with Gasteiger partial charge in [-0.2, -0.15) is 9.97 Å². The van der Waals surface area contributed by atoms with Gasteiger partial charge in [0.1, 0.15) is 5.82 Å². The Kier molecular flexibility index (Phi) is 15.9. The van der Waals surface area contributed by atoms with Crippen molar-refractivity contribution in [3.8, 4) is 0 Å². The fraction of sp³-hybridized carbons (Fsp3) is 0.870. The van der Waals surface area contributed by atoms with E-state index in [9.17, 15) is 0 Å². The molecule has 0 fully saturated rings. The van der Waals surface area contributed by atoms with Crippen molar-refractivity contribution in [2.24, 2.45) is 0 Å². The molecule has 0 aliphatic rings. The summed E-state index contributed by atoms with van der Waals surface area (Å²) in [5, 5.41) is 3.08. The van der Waals surface area contributed by atoms with Gasteiger partial charge < -0.3 is 5.32 Å². The maximum absolute atomic E-state index is 5.95. The number of hydrogen-bond donors (Lipinski definition) is 1. The first kappa shape index (κ1) is 27.7. The number of nitrogens with zero attached hydrogens (tertiary/aromatic N) is 3. The van der Waals surface area contributed by atoms with Crippen molar-refractivity contribution in [2.75, 3.05) is 11.9 Å². The molecule has 0 saturated carbocycles. The van der Waals surface area contributed by atoms with Crippen LogP contribution in [0.2, 0.25) is 0 Å². The lowest BCUT2D eigenvalue weighted by atomic mass is 10.0. The van der Waals surface area contributed by atoms with Crippen LogP contribution in [0.4, 0.5) is 5.95 Å². The van der Waals surface area contributed by atoms with Crippen molar-refractivity contribution < 1.29 is 0 Å². The Morgan fingerprint density at radius 2 is 1.10 bits per heavy atom. The molecule has 0 unspecified atom stereocenters. The van der Waals surface area contributed by atoms with Crippen molar-refractivity contribution in [3.05, 3.63) is 11.6 Å². The van der Waals surface area contributed by atoms with Crippen LogP contribution >= 0.6 is 34.8 Å². The molecule has 0 amide bonds. The van der Waals surface area contributed by atoms with Crippen LogP contribution in [0.3, 0.4) is 0 Å². The first-order chi connectivity index (χ1) is 14.5. The zero-order valence-electron chi connectivity index (χ0n) is 19.0. The smallest absolute Gasteiger partial charge is 0.250 e. The zero-order chi connectivity index (χ0) is 22.1. The van der Waals surface area contributed by atoms with Crippen molar-refractivity contribution in [2.45, 2.75) is 120 Å². The highest BCUT2D eigenvalue weighted by Gasteiger charge is 2.28. The summed E-state index contributed by atoms with van der Waals surface area (Å²) in [4.78, 5) is 12.9. The molecule has 30 heavy (non-hydrogen) atoms. The van der Waals surface area contributed by atoms with Crippen molar-refractivity contribution in [3.63, 3.8) is 0 Å². The Balaban J connectivity index is 2.07. The van der Waals surface area contributed by atoms with Gasteiger partial charge in [0.15, 0.2) is 5.82 Å². The summed E-state index contributed by atoms with van der Waals surface area (Å²) in [5.41, 5.74) is 0. The number of hydrogen-bond acceptors (Lipinski definition) is 4. The number of aromatic nitrogens is 3. The van der Waals surface area contributed by atoms with Crippen LogP contribution in [0.15, 0.2) is 0 Å². The van der Waals surface area contributed by atoms with Crippen LogP contribution in [-0.4, -0.2) is 21.5 Å². The van der Waals surface area contributed by atoms with E-state index in [1.54, 1.807) is 0 Å². The number of unbranched alkanes of at least 4 members (excludes halogenated alkanes) is 14. The Labute approximate surface area is 199 Å². The Morgan fingerprint density at radius 3 is 1.53 bits per heavy atom. The second-order valence-corrected chi connectivity index (χ2v) is 10.4. The number of aryl methyl sites for hydroxylation is 1. The fourth-order valence-corrected chi connectivity index (χ4v) is 3.80. The topological polar surface area (TPSA) is 50.7 Å². The van der Waals surface area contributed by atoms with Crippen LogP contribution in [0.1, 0.15) is 122 Å². The van der Waals surface area contributed by atoms with Crippen LogP contribution in [-0.2, 0) is 10.2 Å². The molecule has 0 atom stereocenters. The molecule has 4 nitrogen and oxygen atoms in total. The summed E-state index contributed by atoms with van der Waals surface area (Å²) in [5.74, 6) is 1.36. The maximum Gasteiger partial charge on any atom is 0.250 e.